The number of H-pyrrole nitrogens is 1. The second kappa shape index (κ2) is 7.78. The second-order valence-corrected chi connectivity index (χ2v) is 5.22. The van der Waals surface area contributed by atoms with Crippen molar-refractivity contribution in [2.24, 2.45) is 0 Å². The smallest absolute Gasteiger partial charge is 0.343 e. The summed E-state index contributed by atoms with van der Waals surface area (Å²) in [6.07, 6.45) is 0. The summed E-state index contributed by atoms with van der Waals surface area (Å²) in [5, 5.41) is 7.12. The number of rotatable bonds is 8. The molecule has 0 fully saturated rings. The van der Waals surface area contributed by atoms with Crippen LogP contribution in [0.3, 0.4) is 0 Å². The third-order valence-corrected chi connectivity index (χ3v) is 3.70. The van der Waals surface area contributed by atoms with Crippen LogP contribution in [0.15, 0.2) is 34.2 Å². The molecule has 0 amide bonds. The lowest BCUT2D eigenvalue weighted by atomic mass is 10.3. The van der Waals surface area contributed by atoms with Gasteiger partial charge in [0.05, 0.1) is 13.2 Å². The molecule has 0 atom stereocenters. The molecule has 0 unspecified atom stereocenters. The topological polar surface area (TPSA) is 69.1 Å². The maximum absolute atomic E-state index is 11.4. The second-order valence-electron chi connectivity index (χ2n) is 4.16. The number of thioether (sulfide) groups is 1. The molecule has 1 aromatic heterocycles. The normalized spacial score (nSPS) is 10.6. The summed E-state index contributed by atoms with van der Waals surface area (Å²) in [4.78, 5) is 11.4. The lowest BCUT2D eigenvalue weighted by Crippen LogP contribution is -2.16. The predicted molar refractivity (Wildman–Crippen MR) is 82.4 cm³/mol. The Morgan fingerprint density at radius 3 is 2.48 bits per heavy atom. The molecule has 6 nitrogen and oxygen atoms in total. The van der Waals surface area contributed by atoms with E-state index in [1.54, 1.807) is 4.57 Å². The van der Waals surface area contributed by atoms with Gasteiger partial charge in [0.1, 0.15) is 11.5 Å². The van der Waals surface area contributed by atoms with Crippen LogP contribution in [0.25, 0.3) is 0 Å². The number of aromatic nitrogens is 3. The molecule has 0 saturated heterocycles. The van der Waals surface area contributed by atoms with Crippen LogP contribution < -0.4 is 15.2 Å². The van der Waals surface area contributed by atoms with Crippen LogP contribution in [-0.4, -0.2) is 33.7 Å². The number of nitrogens with zero attached hydrogens (tertiary/aromatic N) is 2. The highest BCUT2D eigenvalue weighted by molar-refractivity contribution is 7.99. The molecule has 2 aromatic rings. The zero-order chi connectivity index (χ0) is 15.1. The number of nitrogens with one attached hydrogen (secondary N) is 1. The quantitative estimate of drug-likeness (QED) is 0.598. The Morgan fingerprint density at radius 2 is 1.86 bits per heavy atom. The molecular weight excluding hydrogens is 290 g/mol. The molecule has 0 aliphatic rings. The van der Waals surface area contributed by atoms with Crippen molar-refractivity contribution in [3.63, 3.8) is 0 Å². The first kappa shape index (κ1) is 15.5. The molecule has 0 aliphatic heterocycles. The van der Waals surface area contributed by atoms with E-state index in [-0.39, 0.29) is 5.69 Å². The Morgan fingerprint density at radius 1 is 1.19 bits per heavy atom. The highest BCUT2D eigenvalue weighted by Gasteiger charge is 2.06. The summed E-state index contributed by atoms with van der Waals surface area (Å²) >= 11 is 1.49. The molecule has 21 heavy (non-hydrogen) atoms. The van der Waals surface area contributed by atoms with Crippen LogP contribution in [-0.2, 0) is 6.54 Å². The van der Waals surface area contributed by atoms with Crippen molar-refractivity contribution in [2.75, 3.05) is 19.0 Å². The Hall–Kier alpha value is -1.89. The molecule has 1 aromatic carbocycles. The molecule has 0 bridgehead atoms. The van der Waals surface area contributed by atoms with Crippen molar-refractivity contribution in [3.8, 4) is 11.5 Å². The highest BCUT2D eigenvalue weighted by atomic mass is 32.2. The highest BCUT2D eigenvalue weighted by Crippen LogP contribution is 2.18. The molecule has 0 saturated carbocycles. The fourth-order valence-electron chi connectivity index (χ4n) is 1.78. The van der Waals surface area contributed by atoms with E-state index in [9.17, 15) is 4.79 Å². The van der Waals surface area contributed by atoms with Crippen LogP contribution in [0.1, 0.15) is 13.8 Å². The molecule has 0 radical (unpaired) electrons. The predicted octanol–water partition coefficient (Wildman–Crippen LogP) is 2.16. The van der Waals surface area contributed by atoms with E-state index in [1.807, 2.05) is 38.1 Å². The van der Waals surface area contributed by atoms with E-state index in [4.69, 9.17) is 9.47 Å². The van der Waals surface area contributed by atoms with E-state index >= 15 is 0 Å². The van der Waals surface area contributed by atoms with Gasteiger partial charge in [0, 0.05) is 12.3 Å². The number of hydrogen-bond acceptors (Lipinski definition) is 5. The van der Waals surface area contributed by atoms with Crippen molar-refractivity contribution in [1.82, 2.24) is 14.8 Å². The zero-order valence-electron chi connectivity index (χ0n) is 12.2. The van der Waals surface area contributed by atoms with Gasteiger partial charge in [-0.2, -0.15) is 0 Å². The summed E-state index contributed by atoms with van der Waals surface area (Å²) in [5.74, 6) is 2.36. The van der Waals surface area contributed by atoms with Crippen molar-refractivity contribution in [1.29, 1.82) is 0 Å². The van der Waals surface area contributed by atoms with Gasteiger partial charge in [-0.05, 0) is 38.1 Å². The first-order chi connectivity index (χ1) is 10.2. The molecule has 1 N–H and O–H groups in total. The van der Waals surface area contributed by atoms with E-state index in [0.29, 0.717) is 24.9 Å². The standard InChI is InChI=1S/C14H19N3O3S/c1-3-17-13(18)15-16-14(17)21-10-9-20-12-7-5-11(6-8-12)19-4-2/h5-8H,3-4,9-10H2,1-2H3,(H,15,18). The molecule has 7 heteroatoms. The molecule has 1 heterocycles. The first-order valence-electron chi connectivity index (χ1n) is 6.88. The number of aromatic amines is 1. The minimum Gasteiger partial charge on any atom is -0.494 e. The maximum atomic E-state index is 11.4. The zero-order valence-corrected chi connectivity index (χ0v) is 13.0. The summed E-state index contributed by atoms with van der Waals surface area (Å²) in [6, 6.07) is 7.53. The van der Waals surface area contributed by atoms with Gasteiger partial charge in [-0.3, -0.25) is 4.57 Å². The van der Waals surface area contributed by atoms with Crippen LogP contribution in [0.5, 0.6) is 11.5 Å². The summed E-state index contributed by atoms with van der Waals surface area (Å²) in [5.41, 5.74) is -0.174. The van der Waals surface area contributed by atoms with Gasteiger partial charge >= 0.3 is 5.69 Å². The molecule has 2 rings (SSSR count). The minimum atomic E-state index is -0.174. The van der Waals surface area contributed by atoms with Gasteiger partial charge in [0.2, 0.25) is 0 Å². The van der Waals surface area contributed by atoms with E-state index in [0.717, 1.165) is 17.3 Å². The fraction of sp³-hybridized carbons (Fsp3) is 0.429. The molecule has 0 aliphatic carbocycles. The number of hydrogen-bond donors (Lipinski definition) is 1. The van der Waals surface area contributed by atoms with E-state index < -0.39 is 0 Å². The van der Waals surface area contributed by atoms with Crippen LogP contribution in [0.2, 0.25) is 0 Å². The van der Waals surface area contributed by atoms with Crippen LogP contribution in [0.4, 0.5) is 0 Å². The van der Waals surface area contributed by atoms with Crippen molar-refractivity contribution in [2.45, 2.75) is 25.5 Å². The number of ether oxygens (including phenoxy) is 2. The fourth-order valence-corrected chi connectivity index (χ4v) is 2.61. The van der Waals surface area contributed by atoms with Gasteiger partial charge in [-0.1, -0.05) is 11.8 Å². The Labute approximate surface area is 127 Å². The molecule has 0 spiro atoms. The Kier molecular flexibility index (Phi) is 5.74. The lowest BCUT2D eigenvalue weighted by molar-refractivity contribution is 0.332. The minimum absolute atomic E-state index is 0.174. The van der Waals surface area contributed by atoms with Gasteiger partial charge in [-0.25, -0.2) is 9.89 Å². The van der Waals surface area contributed by atoms with E-state index in [2.05, 4.69) is 10.2 Å². The van der Waals surface area contributed by atoms with Crippen molar-refractivity contribution < 1.29 is 9.47 Å². The lowest BCUT2D eigenvalue weighted by Gasteiger charge is -2.07. The number of benzene rings is 1. The third-order valence-electron chi connectivity index (χ3n) is 2.76. The van der Waals surface area contributed by atoms with Gasteiger partial charge in [0.15, 0.2) is 5.16 Å². The van der Waals surface area contributed by atoms with Crippen LogP contribution >= 0.6 is 11.8 Å². The van der Waals surface area contributed by atoms with E-state index in [1.165, 1.54) is 11.8 Å². The van der Waals surface area contributed by atoms with Gasteiger partial charge in [0.25, 0.3) is 0 Å². The Bertz CT molecular complexity index is 607. The average molecular weight is 309 g/mol. The van der Waals surface area contributed by atoms with Crippen LogP contribution in [0, 0.1) is 0 Å². The monoisotopic (exact) mass is 309 g/mol. The third kappa shape index (κ3) is 4.29. The Balaban J connectivity index is 1.77. The maximum Gasteiger partial charge on any atom is 0.343 e. The summed E-state index contributed by atoms with van der Waals surface area (Å²) in [6.45, 7) is 5.67. The van der Waals surface area contributed by atoms with Gasteiger partial charge in [-0.15, -0.1) is 5.10 Å². The summed E-state index contributed by atoms with van der Waals surface area (Å²) < 4.78 is 12.6. The average Bonchev–Trinajstić information content (AvgIpc) is 2.86. The van der Waals surface area contributed by atoms with Crippen molar-refractivity contribution in [3.05, 3.63) is 34.7 Å². The largest absolute Gasteiger partial charge is 0.494 e. The molecular formula is C14H19N3O3S. The first-order valence-corrected chi connectivity index (χ1v) is 7.86. The van der Waals surface area contributed by atoms with Crippen molar-refractivity contribution >= 4 is 11.8 Å². The molecule has 114 valence electrons. The SMILES string of the molecule is CCOc1ccc(OCCSc2n[nH]c(=O)n2CC)cc1. The summed E-state index contributed by atoms with van der Waals surface area (Å²) in [7, 11) is 0. The van der Waals surface area contributed by atoms with Gasteiger partial charge < -0.3 is 9.47 Å².